The molecule has 0 bridgehead atoms. The molecule has 0 rings (SSSR count). The summed E-state index contributed by atoms with van der Waals surface area (Å²) in [7, 11) is -15.0. The van der Waals surface area contributed by atoms with Gasteiger partial charge in [-0.05, 0) is 0 Å². The molecule has 10 nitrogen and oxygen atoms in total. The van der Waals surface area contributed by atoms with Gasteiger partial charge >= 0.3 is 63.9 Å². The van der Waals surface area contributed by atoms with Gasteiger partial charge in [-0.3, -0.25) is 0 Å². The summed E-state index contributed by atoms with van der Waals surface area (Å²) >= 11 is 0. The molecular formula is CaO10P2SiZr. The monoisotopic (exact) mass is 380 g/mol. The van der Waals surface area contributed by atoms with Crippen LogP contribution in [0.5, 0.6) is 0 Å². The summed E-state index contributed by atoms with van der Waals surface area (Å²) in [5.41, 5.74) is 0. The molecule has 0 aromatic heterocycles. The molecule has 0 saturated heterocycles. The topological polar surface area (TPSA) is 199 Å². The van der Waals surface area contributed by atoms with Gasteiger partial charge in [0.15, 0.2) is 0 Å². The van der Waals surface area contributed by atoms with Crippen LogP contribution < -0.4 is 29.2 Å². The fourth-order valence-electron chi connectivity index (χ4n) is 0.122. The Kier molecular flexibility index (Phi) is 19.1. The zero-order valence-corrected chi connectivity index (χ0v) is 14.1. The molecule has 0 heterocycles. The number of hydrogen-bond donors (Lipinski definition) is 0. The Morgan fingerprint density at radius 1 is 0.933 bits per heavy atom. The minimum absolute atomic E-state index is 0. The normalized spacial score (nSPS) is 9.87. The standard InChI is InChI=1S/Ca.H4O7P2.O3Si.Zr/c;1-8(2,3)7-9(4,5)6;1-4(2)3;/h;(H2,1,2,3)(H2,4,5,6);;/q+2;;-2;+4/p-4. The van der Waals surface area contributed by atoms with Crippen molar-refractivity contribution >= 4 is 62.6 Å². The van der Waals surface area contributed by atoms with E-state index in [1.54, 1.807) is 0 Å². The third-order valence-electron chi connectivity index (χ3n) is 0.200. The fraction of sp³-hybridized carbons (Fsp3) is 0. The molecule has 0 fully saturated rings. The molecule has 0 radical (unpaired) electrons. The minimum Gasteiger partial charge on any atom is -0.790 e. The van der Waals surface area contributed by atoms with Gasteiger partial charge < -0.3 is 47.1 Å². The van der Waals surface area contributed by atoms with E-state index in [-0.39, 0.29) is 63.9 Å². The van der Waals surface area contributed by atoms with Crippen molar-refractivity contribution < 1.29 is 73.3 Å². The van der Waals surface area contributed by atoms with Crippen molar-refractivity contribution in [2.75, 3.05) is 0 Å². The van der Waals surface area contributed by atoms with Crippen molar-refractivity contribution in [2.45, 2.75) is 0 Å². The Balaban J connectivity index is -0.0000000883. The van der Waals surface area contributed by atoms with Crippen molar-refractivity contribution in [2.24, 2.45) is 0 Å². The molecule has 0 spiro atoms. The van der Waals surface area contributed by atoms with E-state index in [9.17, 15) is 28.7 Å². The second-order valence-electron chi connectivity index (χ2n) is 1.23. The molecule has 15 heavy (non-hydrogen) atoms. The molecule has 0 aromatic rings. The second-order valence-corrected chi connectivity index (χ2v) is 4.17. The van der Waals surface area contributed by atoms with Gasteiger partial charge in [0.25, 0.3) is 0 Å². The van der Waals surface area contributed by atoms with Gasteiger partial charge in [-0.15, -0.1) is 0 Å². The summed E-state index contributed by atoms with van der Waals surface area (Å²) in [5.74, 6) is 0. The van der Waals surface area contributed by atoms with Crippen molar-refractivity contribution in [1.29, 1.82) is 0 Å². The summed E-state index contributed by atoms with van der Waals surface area (Å²) < 4.78 is 29.7. The maximum absolute atomic E-state index is 9.32. The summed E-state index contributed by atoms with van der Waals surface area (Å²) in [5, 5.41) is 0. The van der Waals surface area contributed by atoms with E-state index < -0.39 is 24.8 Å². The number of rotatable bonds is 2. The molecule has 0 N–H and O–H groups in total. The van der Waals surface area contributed by atoms with Crippen LogP contribution in [0.1, 0.15) is 0 Å². The van der Waals surface area contributed by atoms with Gasteiger partial charge in [0.1, 0.15) is 0 Å². The summed E-state index contributed by atoms with van der Waals surface area (Å²) in [6, 6.07) is 0. The van der Waals surface area contributed by atoms with Crippen molar-refractivity contribution in [1.82, 2.24) is 0 Å². The third kappa shape index (κ3) is 49.0. The Labute approximate surface area is 134 Å². The Morgan fingerprint density at radius 3 is 1.07 bits per heavy atom. The van der Waals surface area contributed by atoms with E-state index in [0.717, 1.165) is 0 Å². The van der Waals surface area contributed by atoms with Gasteiger partial charge in [-0.25, -0.2) is 0 Å². The van der Waals surface area contributed by atoms with Crippen LogP contribution in [0.4, 0.5) is 0 Å². The molecule has 80 valence electrons. The molecule has 0 saturated carbocycles. The van der Waals surface area contributed by atoms with Gasteiger partial charge in [0.2, 0.25) is 0 Å². The zero-order chi connectivity index (χ0) is 11.3. The molecule has 0 aliphatic rings. The molecule has 0 aliphatic heterocycles. The minimum atomic E-state index is -5.68. The predicted octanol–water partition coefficient (Wildman–Crippen LogP) is -6.60. The largest absolute Gasteiger partial charge is 4.00 e. The van der Waals surface area contributed by atoms with Crippen LogP contribution in [-0.4, -0.2) is 46.9 Å². The first-order valence-electron chi connectivity index (χ1n) is 2.07. The van der Waals surface area contributed by atoms with Crippen LogP contribution >= 0.6 is 15.6 Å². The molecule has 15 heteroatoms. The average Bonchev–Trinajstić information content (AvgIpc) is 1.47. The molecule has 0 aliphatic carbocycles. The number of hydrogen-bond acceptors (Lipinski definition) is 10. The quantitative estimate of drug-likeness (QED) is 0.327. The van der Waals surface area contributed by atoms with Crippen LogP contribution in [0.25, 0.3) is 0 Å². The van der Waals surface area contributed by atoms with Crippen LogP contribution in [0, 0.1) is 0 Å². The first-order valence-corrected chi connectivity index (χ1v) is 6.22. The average molecular weight is 381 g/mol. The SMILES string of the molecule is O=P([O-])([O-])OP(=O)([O-])[O-].O=[Si]([O-])[O-].[Ca+2].[Zr+4]. The van der Waals surface area contributed by atoms with Crippen molar-refractivity contribution in [3.63, 3.8) is 0 Å². The predicted molar refractivity (Wildman–Crippen MR) is 28.5 cm³/mol. The zero-order valence-electron chi connectivity index (χ0n) is 6.68. The molecule has 0 atom stereocenters. The van der Waals surface area contributed by atoms with Crippen LogP contribution in [-0.2, 0) is 44.1 Å². The summed E-state index contributed by atoms with van der Waals surface area (Å²) in [6.45, 7) is 0. The first-order chi connectivity index (χ1) is 5.44. The van der Waals surface area contributed by atoms with Crippen LogP contribution in [0.3, 0.4) is 0 Å². The van der Waals surface area contributed by atoms with Gasteiger partial charge in [0, 0.05) is 9.17 Å². The summed E-state index contributed by atoms with van der Waals surface area (Å²) in [6.07, 6.45) is 0. The molecule has 0 aromatic carbocycles. The number of phosphoric acid groups is 2. The van der Waals surface area contributed by atoms with E-state index in [0.29, 0.717) is 0 Å². The van der Waals surface area contributed by atoms with Crippen molar-refractivity contribution in [3.8, 4) is 0 Å². The molecule has 0 amide bonds. The van der Waals surface area contributed by atoms with Gasteiger partial charge in [-0.1, -0.05) is 0 Å². The van der Waals surface area contributed by atoms with E-state index in [1.165, 1.54) is 0 Å². The third-order valence-corrected chi connectivity index (χ3v) is 1.80. The summed E-state index contributed by atoms with van der Waals surface area (Å²) in [4.78, 5) is 54.3. The molecule has 0 unspecified atom stereocenters. The fourth-order valence-corrected chi connectivity index (χ4v) is 1.10. The van der Waals surface area contributed by atoms with E-state index in [2.05, 4.69) is 4.31 Å². The maximum Gasteiger partial charge on any atom is 4.00 e. The van der Waals surface area contributed by atoms with Crippen LogP contribution in [0.15, 0.2) is 0 Å². The smallest absolute Gasteiger partial charge is 0.790 e. The Hall–Kier alpha value is 2.02. The van der Waals surface area contributed by atoms with E-state index in [1.807, 2.05) is 0 Å². The molecular weight excluding hydrogens is 381 g/mol. The maximum atomic E-state index is 9.32. The Morgan fingerprint density at radius 2 is 1.07 bits per heavy atom. The van der Waals surface area contributed by atoms with E-state index >= 15 is 0 Å². The van der Waals surface area contributed by atoms with Crippen LogP contribution in [0.2, 0.25) is 0 Å². The first kappa shape index (κ1) is 25.8. The van der Waals surface area contributed by atoms with E-state index in [4.69, 9.17) is 14.1 Å². The van der Waals surface area contributed by atoms with Gasteiger partial charge in [0.05, 0.1) is 15.6 Å². The Bertz CT molecular complexity index is 228. The second kappa shape index (κ2) is 11.1. The van der Waals surface area contributed by atoms with Crippen molar-refractivity contribution in [3.05, 3.63) is 0 Å². The van der Waals surface area contributed by atoms with Gasteiger partial charge in [-0.2, -0.15) is 0 Å².